The van der Waals surface area contributed by atoms with Gasteiger partial charge in [-0.05, 0) is 43.0 Å². The molecule has 0 spiro atoms. The number of carbonyl (C=O) groups excluding carboxylic acids is 3. The fourth-order valence-corrected chi connectivity index (χ4v) is 4.41. The van der Waals surface area contributed by atoms with Gasteiger partial charge in [0.05, 0.1) is 13.0 Å². The van der Waals surface area contributed by atoms with E-state index in [1.807, 2.05) is 26.0 Å². The van der Waals surface area contributed by atoms with Crippen molar-refractivity contribution in [3.63, 3.8) is 0 Å². The number of nitrogens with zero attached hydrogens (tertiary/aromatic N) is 1. The first-order valence-corrected chi connectivity index (χ1v) is 11.5. The number of rotatable bonds is 8. The van der Waals surface area contributed by atoms with E-state index in [0.717, 1.165) is 37.8 Å². The Hall–Kier alpha value is -2.57. The van der Waals surface area contributed by atoms with Crippen LogP contribution in [-0.2, 0) is 14.4 Å². The highest BCUT2D eigenvalue weighted by Crippen LogP contribution is 2.27. The van der Waals surface area contributed by atoms with Crippen LogP contribution in [0.15, 0.2) is 24.3 Å². The third-order valence-corrected chi connectivity index (χ3v) is 6.62. The largest absolute Gasteiger partial charge is 0.497 e. The molecule has 1 aliphatic carbocycles. The molecule has 7 nitrogen and oxygen atoms in total. The van der Waals surface area contributed by atoms with E-state index in [1.165, 1.54) is 6.42 Å². The smallest absolute Gasteiger partial charge is 0.243 e. The molecule has 0 aromatic heterocycles. The van der Waals surface area contributed by atoms with Gasteiger partial charge >= 0.3 is 0 Å². The highest BCUT2D eigenvalue weighted by molar-refractivity contribution is 6.01. The van der Waals surface area contributed by atoms with Crippen LogP contribution in [0, 0.1) is 11.8 Å². The number of ether oxygens (including phenoxy) is 1. The first kappa shape index (κ1) is 23.1. The van der Waals surface area contributed by atoms with Crippen LogP contribution in [-0.4, -0.2) is 43.5 Å². The van der Waals surface area contributed by atoms with Gasteiger partial charge in [-0.2, -0.15) is 0 Å². The average Bonchev–Trinajstić information content (AvgIpc) is 3.19. The Morgan fingerprint density at radius 2 is 1.84 bits per heavy atom. The summed E-state index contributed by atoms with van der Waals surface area (Å²) in [6, 6.07) is 6.84. The maximum Gasteiger partial charge on any atom is 0.243 e. The normalized spacial score (nSPS) is 21.5. The van der Waals surface area contributed by atoms with Crippen molar-refractivity contribution in [1.82, 2.24) is 10.6 Å². The van der Waals surface area contributed by atoms with E-state index in [-0.39, 0.29) is 36.1 Å². The van der Waals surface area contributed by atoms with Gasteiger partial charge in [0, 0.05) is 24.7 Å². The molecule has 3 atom stereocenters. The molecule has 1 saturated heterocycles. The average molecular weight is 430 g/mol. The summed E-state index contributed by atoms with van der Waals surface area (Å²) in [5, 5.41) is 6.10. The molecule has 2 aliphatic rings. The lowest BCUT2D eigenvalue weighted by molar-refractivity contribution is -0.132. The zero-order valence-electron chi connectivity index (χ0n) is 18.9. The van der Waals surface area contributed by atoms with E-state index in [2.05, 4.69) is 10.6 Å². The lowest BCUT2D eigenvalue weighted by atomic mass is 9.93. The fourth-order valence-electron chi connectivity index (χ4n) is 4.41. The van der Waals surface area contributed by atoms with E-state index in [1.54, 1.807) is 24.1 Å². The monoisotopic (exact) mass is 429 g/mol. The summed E-state index contributed by atoms with van der Waals surface area (Å²) in [5.41, 5.74) is 0.745. The predicted molar refractivity (Wildman–Crippen MR) is 120 cm³/mol. The molecule has 2 N–H and O–H groups in total. The van der Waals surface area contributed by atoms with Crippen LogP contribution in [0.2, 0.25) is 0 Å². The Bertz CT molecular complexity index is 774. The lowest BCUT2D eigenvalue weighted by Crippen LogP contribution is -2.54. The molecule has 1 heterocycles. The molecular weight excluding hydrogens is 394 g/mol. The van der Waals surface area contributed by atoms with Crippen molar-refractivity contribution in [1.29, 1.82) is 0 Å². The van der Waals surface area contributed by atoms with Crippen LogP contribution in [0.25, 0.3) is 0 Å². The van der Waals surface area contributed by atoms with Gasteiger partial charge < -0.3 is 20.3 Å². The van der Waals surface area contributed by atoms with Gasteiger partial charge in [0.25, 0.3) is 0 Å². The summed E-state index contributed by atoms with van der Waals surface area (Å²) < 4.78 is 5.17. The maximum atomic E-state index is 13.0. The van der Waals surface area contributed by atoms with Crippen LogP contribution in [0.4, 0.5) is 5.69 Å². The van der Waals surface area contributed by atoms with Gasteiger partial charge in [0.2, 0.25) is 17.7 Å². The molecule has 3 rings (SSSR count). The van der Waals surface area contributed by atoms with Gasteiger partial charge in [0.1, 0.15) is 11.8 Å². The van der Waals surface area contributed by atoms with E-state index in [0.29, 0.717) is 12.3 Å². The van der Waals surface area contributed by atoms with E-state index < -0.39 is 12.0 Å². The number of hydrogen-bond acceptors (Lipinski definition) is 4. The lowest BCUT2D eigenvalue weighted by Gasteiger charge is -2.29. The van der Waals surface area contributed by atoms with Gasteiger partial charge in [-0.15, -0.1) is 0 Å². The first-order valence-electron chi connectivity index (χ1n) is 11.5. The summed E-state index contributed by atoms with van der Waals surface area (Å²) in [6.45, 7) is 4.31. The van der Waals surface area contributed by atoms with Crippen molar-refractivity contribution in [2.24, 2.45) is 11.8 Å². The zero-order valence-corrected chi connectivity index (χ0v) is 18.9. The molecule has 3 amide bonds. The van der Waals surface area contributed by atoms with E-state index in [4.69, 9.17) is 4.74 Å². The summed E-state index contributed by atoms with van der Waals surface area (Å²) in [7, 11) is 1.59. The summed E-state index contributed by atoms with van der Waals surface area (Å²) in [6.07, 6.45) is 6.42. The summed E-state index contributed by atoms with van der Waals surface area (Å²) in [5.74, 6) is -0.160. The quantitative estimate of drug-likeness (QED) is 0.665. The van der Waals surface area contributed by atoms with Crippen molar-refractivity contribution in [2.75, 3.05) is 18.6 Å². The van der Waals surface area contributed by atoms with Crippen LogP contribution < -0.4 is 20.3 Å². The van der Waals surface area contributed by atoms with Crippen molar-refractivity contribution < 1.29 is 19.1 Å². The van der Waals surface area contributed by atoms with Crippen LogP contribution in [0.3, 0.4) is 0 Å². The number of amides is 3. The molecule has 170 valence electrons. The van der Waals surface area contributed by atoms with E-state index >= 15 is 0 Å². The van der Waals surface area contributed by atoms with Gasteiger partial charge in [0.15, 0.2) is 0 Å². The molecular formula is C24H35N3O4. The SMILES string of the molecule is CCC(C)[C@H](NC(=O)C1CC(=O)N(c2ccc(OC)cc2)C1)C(=O)NC1CCCCC1. The zero-order chi connectivity index (χ0) is 22.4. The van der Waals surface area contributed by atoms with Gasteiger partial charge in [-0.1, -0.05) is 39.5 Å². The van der Waals surface area contributed by atoms with Gasteiger partial charge in [-0.3, -0.25) is 14.4 Å². The minimum absolute atomic E-state index is 0.0161. The fraction of sp³-hybridized carbons (Fsp3) is 0.625. The van der Waals surface area contributed by atoms with Gasteiger partial charge in [-0.25, -0.2) is 0 Å². The summed E-state index contributed by atoms with van der Waals surface area (Å²) >= 11 is 0. The summed E-state index contributed by atoms with van der Waals surface area (Å²) in [4.78, 5) is 40.1. The Balaban J connectivity index is 1.62. The second-order valence-corrected chi connectivity index (χ2v) is 8.82. The number of anilines is 1. The minimum atomic E-state index is -0.579. The minimum Gasteiger partial charge on any atom is -0.497 e. The van der Waals surface area contributed by atoms with Crippen LogP contribution in [0.5, 0.6) is 5.75 Å². The molecule has 1 saturated carbocycles. The second-order valence-electron chi connectivity index (χ2n) is 8.82. The maximum absolute atomic E-state index is 13.0. The highest BCUT2D eigenvalue weighted by atomic mass is 16.5. The number of nitrogens with one attached hydrogen (secondary N) is 2. The molecule has 0 bridgehead atoms. The third kappa shape index (κ3) is 5.77. The van der Waals surface area contributed by atoms with Crippen LogP contribution >= 0.6 is 0 Å². The molecule has 2 unspecified atom stereocenters. The van der Waals surface area contributed by atoms with Crippen molar-refractivity contribution >= 4 is 23.4 Å². The molecule has 1 aromatic carbocycles. The van der Waals surface area contributed by atoms with Crippen molar-refractivity contribution in [2.45, 2.75) is 70.9 Å². The molecule has 0 radical (unpaired) electrons. The Morgan fingerprint density at radius 1 is 1.16 bits per heavy atom. The van der Waals surface area contributed by atoms with E-state index in [9.17, 15) is 14.4 Å². The predicted octanol–water partition coefficient (Wildman–Crippen LogP) is 3.03. The molecule has 1 aromatic rings. The number of carbonyl (C=O) groups is 3. The van der Waals surface area contributed by atoms with Crippen molar-refractivity contribution in [3.05, 3.63) is 24.3 Å². The number of benzene rings is 1. The number of methoxy groups -OCH3 is 1. The molecule has 2 fully saturated rings. The highest BCUT2D eigenvalue weighted by Gasteiger charge is 2.37. The number of hydrogen-bond donors (Lipinski definition) is 2. The Morgan fingerprint density at radius 3 is 2.45 bits per heavy atom. The standard InChI is InChI=1S/C24H35N3O4/c1-4-16(2)22(24(30)25-18-8-6-5-7-9-18)26-23(29)17-14-21(28)27(15-17)19-10-12-20(31-3)13-11-19/h10-13,16-18,22H,4-9,14-15H2,1-3H3,(H,25,30)(H,26,29)/t16?,17?,22-/m0/s1. The molecule has 1 aliphatic heterocycles. The first-order chi connectivity index (χ1) is 14.9. The topological polar surface area (TPSA) is 87.7 Å². The molecule has 31 heavy (non-hydrogen) atoms. The third-order valence-electron chi connectivity index (χ3n) is 6.62. The molecule has 7 heteroatoms. The van der Waals surface area contributed by atoms with Crippen LogP contribution in [0.1, 0.15) is 58.8 Å². The van der Waals surface area contributed by atoms with Crippen molar-refractivity contribution in [3.8, 4) is 5.75 Å². The Kier molecular flexibility index (Phi) is 7.93. The Labute approximate surface area is 184 Å². The second kappa shape index (κ2) is 10.6.